The van der Waals surface area contributed by atoms with E-state index in [9.17, 15) is 18.0 Å². The van der Waals surface area contributed by atoms with Crippen LogP contribution in [0.3, 0.4) is 0 Å². The molecular formula is C22H29F3N4O2S2. The fraction of sp³-hybridized carbons (Fsp3) is 0.682. The van der Waals surface area contributed by atoms with E-state index >= 15 is 0 Å². The van der Waals surface area contributed by atoms with Gasteiger partial charge in [-0.1, -0.05) is 11.3 Å². The Balaban J connectivity index is 1.15. The molecule has 1 fully saturated rings. The Morgan fingerprint density at radius 1 is 1.30 bits per heavy atom. The highest BCUT2D eigenvalue weighted by Gasteiger charge is 2.30. The summed E-state index contributed by atoms with van der Waals surface area (Å²) in [6.45, 7) is 3.17. The summed E-state index contributed by atoms with van der Waals surface area (Å²) in [5.74, 6) is 0.720. The summed E-state index contributed by atoms with van der Waals surface area (Å²) in [4.78, 5) is 20.9. The van der Waals surface area contributed by atoms with E-state index in [1.54, 1.807) is 0 Å². The maximum atomic E-state index is 12.4. The summed E-state index contributed by atoms with van der Waals surface area (Å²) in [7, 11) is 0. The van der Waals surface area contributed by atoms with Crippen molar-refractivity contribution in [3.05, 3.63) is 27.2 Å². The first kappa shape index (κ1) is 24.4. The predicted molar refractivity (Wildman–Crippen MR) is 122 cm³/mol. The van der Waals surface area contributed by atoms with Gasteiger partial charge in [0.25, 0.3) is 5.19 Å². The van der Waals surface area contributed by atoms with Gasteiger partial charge in [0.05, 0.1) is 17.8 Å². The van der Waals surface area contributed by atoms with Crippen LogP contribution in [0.2, 0.25) is 0 Å². The van der Waals surface area contributed by atoms with Gasteiger partial charge in [-0.2, -0.15) is 17.5 Å². The molecule has 0 atom stereocenters. The number of hydrogen-bond acceptors (Lipinski definition) is 7. The van der Waals surface area contributed by atoms with E-state index in [0.717, 1.165) is 72.8 Å². The first-order chi connectivity index (χ1) is 15.7. The second kappa shape index (κ2) is 10.7. The Morgan fingerprint density at radius 3 is 2.79 bits per heavy atom. The summed E-state index contributed by atoms with van der Waals surface area (Å²) in [6.07, 6.45) is 2.19. The molecule has 1 aliphatic carbocycles. The van der Waals surface area contributed by atoms with Crippen LogP contribution in [0.15, 0.2) is 6.07 Å². The van der Waals surface area contributed by atoms with Crippen molar-refractivity contribution in [3.63, 3.8) is 0 Å². The summed E-state index contributed by atoms with van der Waals surface area (Å²) in [6, 6.07) is 2.22. The topological polar surface area (TPSA) is 67.4 Å². The molecule has 11 heteroatoms. The fourth-order valence-corrected chi connectivity index (χ4v) is 6.16. The fourth-order valence-electron chi connectivity index (χ4n) is 4.52. The van der Waals surface area contributed by atoms with Crippen molar-refractivity contribution in [3.8, 4) is 5.19 Å². The number of fused-ring (bicyclic) bond motifs is 1. The first-order valence-corrected chi connectivity index (χ1v) is 12.9. The summed E-state index contributed by atoms with van der Waals surface area (Å²) < 4.78 is 46.1. The van der Waals surface area contributed by atoms with Crippen molar-refractivity contribution >= 4 is 28.8 Å². The molecule has 0 saturated heterocycles. The largest absolute Gasteiger partial charge is 0.460 e. The molecule has 0 unspecified atom stereocenters. The molecule has 2 aromatic heterocycles. The van der Waals surface area contributed by atoms with Crippen LogP contribution < -0.4 is 10.1 Å². The van der Waals surface area contributed by atoms with Gasteiger partial charge < -0.3 is 10.1 Å². The minimum absolute atomic E-state index is 0.0769. The third kappa shape index (κ3) is 7.38. The molecule has 0 aromatic carbocycles. The highest BCUT2D eigenvalue weighted by molar-refractivity contribution is 7.13. The van der Waals surface area contributed by atoms with Crippen LogP contribution in [-0.2, 0) is 24.2 Å². The highest BCUT2D eigenvalue weighted by Crippen LogP contribution is 2.32. The average Bonchev–Trinajstić information content (AvgIpc) is 3.36. The number of aromatic nitrogens is 2. The molecule has 4 rings (SSSR count). The second-order valence-corrected chi connectivity index (χ2v) is 10.9. The Labute approximate surface area is 199 Å². The maximum absolute atomic E-state index is 12.4. The zero-order chi connectivity index (χ0) is 23.4. The number of thiazole rings is 1. The van der Waals surface area contributed by atoms with Crippen LogP contribution in [0.5, 0.6) is 5.19 Å². The van der Waals surface area contributed by atoms with E-state index in [2.05, 4.69) is 19.6 Å². The zero-order valence-corrected chi connectivity index (χ0v) is 20.3. The molecule has 1 saturated carbocycles. The number of alkyl halides is 3. The molecule has 1 N–H and O–H groups in total. The normalized spacial score (nSPS) is 21.6. The number of halogens is 3. The van der Waals surface area contributed by atoms with Gasteiger partial charge in [-0.25, -0.2) is 4.98 Å². The lowest BCUT2D eigenvalue weighted by Crippen LogP contribution is -2.39. The van der Waals surface area contributed by atoms with E-state index < -0.39 is 12.8 Å². The van der Waals surface area contributed by atoms with Gasteiger partial charge in [0, 0.05) is 28.9 Å². The molecule has 2 aliphatic rings. The molecule has 33 heavy (non-hydrogen) atoms. The monoisotopic (exact) mass is 502 g/mol. The standard InChI is InChI=1S/C22H29F3N4O2S2/c1-14-10-17(33-28-14)11-20(30)26-16-4-2-15(3-5-16)6-8-29-9-7-19-18(12-29)27-21(32-19)31-13-22(23,24)25/h10,15-16H,2-9,11-13H2,1H3,(H,26,30)/t15-,16-. The van der Waals surface area contributed by atoms with Crippen molar-refractivity contribution in [2.24, 2.45) is 5.92 Å². The summed E-state index contributed by atoms with van der Waals surface area (Å²) in [5, 5.41) is 3.29. The number of rotatable bonds is 8. The van der Waals surface area contributed by atoms with E-state index in [4.69, 9.17) is 4.74 Å². The van der Waals surface area contributed by atoms with Gasteiger partial charge in [0.15, 0.2) is 6.61 Å². The van der Waals surface area contributed by atoms with Crippen LogP contribution in [-0.4, -0.2) is 52.1 Å². The van der Waals surface area contributed by atoms with Gasteiger partial charge >= 0.3 is 6.18 Å². The quantitative estimate of drug-likeness (QED) is 0.575. The molecule has 0 bridgehead atoms. The Bertz CT molecular complexity index is 938. The first-order valence-electron chi connectivity index (χ1n) is 11.4. The molecule has 1 amide bonds. The number of aryl methyl sites for hydroxylation is 1. The van der Waals surface area contributed by atoms with Crippen molar-refractivity contribution in [2.75, 3.05) is 19.7 Å². The molecule has 0 spiro atoms. The van der Waals surface area contributed by atoms with Crippen molar-refractivity contribution in [1.82, 2.24) is 19.6 Å². The van der Waals surface area contributed by atoms with E-state index in [0.29, 0.717) is 18.9 Å². The van der Waals surface area contributed by atoms with Gasteiger partial charge in [-0.05, 0) is 75.5 Å². The lowest BCUT2D eigenvalue weighted by Gasteiger charge is -2.32. The number of carbonyl (C=O) groups excluding carboxylic acids is 1. The lowest BCUT2D eigenvalue weighted by molar-refractivity contribution is -0.153. The third-order valence-corrected chi connectivity index (χ3v) is 8.17. The minimum Gasteiger partial charge on any atom is -0.460 e. The number of hydrogen-bond donors (Lipinski definition) is 1. The molecule has 6 nitrogen and oxygen atoms in total. The Morgan fingerprint density at radius 2 is 2.09 bits per heavy atom. The SMILES string of the molecule is Cc1cc(CC(=O)N[C@H]2CC[C@H](CCN3CCc4sc(OCC(F)(F)F)nc4C3)CC2)sn1. The van der Waals surface area contributed by atoms with Crippen molar-refractivity contribution in [1.29, 1.82) is 0 Å². The Hall–Kier alpha value is -1.72. The number of nitrogens with one attached hydrogen (secondary N) is 1. The van der Waals surface area contributed by atoms with Gasteiger partial charge in [0.1, 0.15) is 0 Å². The zero-order valence-electron chi connectivity index (χ0n) is 18.6. The number of carbonyl (C=O) groups is 1. The van der Waals surface area contributed by atoms with E-state index in [1.165, 1.54) is 22.9 Å². The Kier molecular flexibility index (Phi) is 7.91. The van der Waals surface area contributed by atoms with Crippen molar-refractivity contribution in [2.45, 2.75) is 70.6 Å². The molecule has 182 valence electrons. The van der Waals surface area contributed by atoms with Crippen LogP contribution in [0.4, 0.5) is 13.2 Å². The molecule has 1 aliphatic heterocycles. The third-order valence-electron chi connectivity index (χ3n) is 6.22. The number of amides is 1. The highest BCUT2D eigenvalue weighted by atomic mass is 32.1. The second-order valence-electron chi connectivity index (χ2n) is 8.96. The van der Waals surface area contributed by atoms with Gasteiger partial charge in [0.2, 0.25) is 5.91 Å². The minimum atomic E-state index is -4.35. The van der Waals surface area contributed by atoms with Crippen LogP contribution in [0.1, 0.15) is 53.2 Å². The smallest absolute Gasteiger partial charge is 0.422 e. The summed E-state index contributed by atoms with van der Waals surface area (Å²) in [5.41, 5.74) is 1.81. The molecule has 3 heterocycles. The number of nitrogens with zero attached hydrogens (tertiary/aromatic N) is 3. The van der Waals surface area contributed by atoms with Crippen molar-refractivity contribution < 1.29 is 22.7 Å². The molecular weight excluding hydrogens is 473 g/mol. The average molecular weight is 503 g/mol. The summed E-state index contributed by atoms with van der Waals surface area (Å²) >= 11 is 2.62. The van der Waals surface area contributed by atoms with Crippen LogP contribution in [0, 0.1) is 12.8 Å². The number of ether oxygens (including phenoxy) is 1. The molecule has 2 aromatic rings. The van der Waals surface area contributed by atoms with E-state index in [-0.39, 0.29) is 17.1 Å². The predicted octanol–water partition coefficient (Wildman–Crippen LogP) is 4.52. The maximum Gasteiger partial charge on any atom is 0.422 e. The van der Waals surface area contributed by atoms with Crippen LogP contribution >= 0.6 is 22.9 Å². The lowest BCUT2D eigenvalue weighted by atomic mass is 9.84. The van der Waals surface area contributed by atoms with Gasteiger partial charge in [-0.3, -0.25) is 9.69 Å². The van der Waals surface area contributed by atoms with E-state index in [1.807, 2.05) is 13.0 Å². The van der Waals surface area contributed by atoms with Crippen LogP contribution in [0.25, 0.3) is 0 Å². The van der Waals surface area contributed by atoms with Gasteiger partial charge in [-0.15, -0.1) is 0 Å². The molecule has 0 radical (unpaired) electrons.